The summed E-state index contributed by atoms with van der Waals surface area (Å²) in [5.41, 5.74) is 1.20. The third-order valence-corrected chi connectivity index (χ3v) is 2.75. The number of ether oxygens (including phenoxy) is 1. The zero-order valence-corrected chi connectivity index (χ0v) is 10.9. The van der Waals surface area contributed by atoms with E-state index in [1.54, 1.807) is 0 Å². The highest BCUT2D eigenvalue weighted by Crippen LogP contribution is 2.14. The molecule has 2 rings (SSSR count). The maximum Gasteiger partial charge on any atom is 0.188 e. The Morgan fingerprint density at radius 1 is 1.16 bits per heavy atom. The van der Waals surface area contributed by atoms with Crippen molar-refractivity contribution in [2.24, 2.45) is 0 Å². The van der Waals surface area contributed by atoms with Gasteiger partial charge in [0.05, 0.1) is 6.61 Å². The Kier molecular flexibility index (Phi) is 4.66. The molecular weight excluding hydrogens is 267 g/mol. The van der Waals surface area contributed by atoms with Gasteiger partial charge in [-0.05, 0) is 23.8 Å². The summed E-state index contributed by atoms with van der Waals surface area (Å²) in [5, 5.41) is 0.200. The molecule has 0 spiro atoms. The van der Waals surface area contributed by atoms with Gasteiger partial charge in [0.2, 0.25) is 0 Å². The second-order valence-electron chi connectivity index (χ2n) is 4.06. The number of carbonyl (C=O) groups excluding carboxylic acids is 1. The van der Waals surface area contributed by atoms with Gasteiger partial charge in [0, 0.05) is 10.6 Å². The van der Waals surface area contributed by atoms with Crippen molar-refractivity contribution in [3.05, 3.63) is 70.5 Å². The molecule has 0 unspecified atom stereocenters. The van der Waals surface area contributed by atoms with Gasteiger partial charge < -0.3 is 4.74 Å². The van der Waals surface area contributed by atoms with Gasteiger partial charge in [0.25, 0.3) is 0 Å². The Labute approximate surface area is 115 Å². The lowest BCUT2D eigenvalue weighted by Crippen LogP contribution is -2.09. The number of halogens is 2. The summed E-state index contributed by atoms with van der Waals surface area (Å²) in [7, 11) is 0. The molecule has 0 aliphatic carbocycles. The van der Waals surface area contributed by atoms with E-state index in [2.05, 4.69) is 0 Å². The van der Waals surface area contributed by atoms with Crippen LogP contribution in [0.1, 0.15) is 15.9 Å². The van der Waals surface area contributed by atoms with Crippen LogP contribution in [0.15, 0.2) is 48.5 Å². The van der Waals surface area contributed by atoms with Gasteiger partial charge in [0.1, 0.15) is 12.4 Å². The van der Waals surface area contributed by atoms with Gasteiger partial charge in [-0.1, -0.05) is 41.9 Å². The fourth-order valence-corrected chi connectivity index (χ4v) is 1.86. The van der Waals surface area contributed by atoms with E-state index >= 15 is 0 Å². The summed E-state index contributed by atoms with van der Waals surface area (Å²) in [4.78, 5) is 11.8. The molecule has 0 bridgehead atoms. The second kappa shape index (κ2) is 6.45. The van der Waals surface area contributed by atoms with Crippen LogP contribution in [0.3, 0.4) is 0 Å². The quantitative estimate of drug-likeness (QED) is 0.776. The van der Waals surface area contributed by atoms with Crippen molar-refractivity contribution < 1.29 is 13.9 Å². The van der Waals surface area contributed by atoms with Crippen molar-refractivity contribution in [3.8, 4) is 0 Å². The highest BCUT2D eigenvalue weighted by molar-refractivity contribution is 6.31. The van der Waals surface area contributed by atoms with Crippen LogP contribution in [-0.4, -0.2) is 12.4 Å². The molecule has 4 heteroatoms. The average Bonchev–Trinajstić information content (AvgIpc) is 2.38. The highest BCUT2D eigenvalue weighted by atomic mass is 35.5. The maximum atomic E-state index is 13.1. The molecule has 0 aromatic heterocycles. The molecular formula is C15H12ClFO2. The van der Waals surface area contributed by atoms with Crippen LogP contribution in [-0.2, 0) is 11.3 Å². The smallest absolute Gasteiger partial charge is 0.188 e. The molecule has 2 aromatic rings. The summed E-state index contributed by atoms with van der Waals surface area (Å²) in [6.45, 7) is 0.240. The SMILES string of the molecule is O=C(COCc1ccccc1)c1cc(F)cc(Cl)c1. The average molecular weight is 279 g/mol. The van der Waals surface area contributed by atoms with Gasteiger partial charge in [0.15, 0.2) is 5.78 Å². The first-order chi connectivity index (χ1) is 9.15. The zero-order chi connectivity index (χ0) is 13.7. The van der Waals surface area contributed by atoms with Gasteiger partial charge in [-0.2, -0.15) is 0 Å². The van der Waals surface area contributed by atoms with E-state index in [1.165, 1.54) is 6.07 Å². The molecule has 0 radical (unpaired) electrons. The molecule has 98 valence electrons. The molecule has 19 heavy (non-hydrogen) atoms. The first kappa shape index (κ1) is 13.7. The first-order valence-electron chi connectivity index (χ1n) is 5.76. The lowest BCUT2D eigenvalue weighted by molar-refractivity contribution is 0.0726. The van der Waals surface area contributed by atoms with Crippen molar-refractivity contribution >= 4 is 17.4 Å². The number of hydrogen-bond acceptors (Lipinski definition) is 2. The molecule has 0 aliphatic heterocycles. The molecule has 0 N–H and O–H groups in total. The number of Topliss-reactive ketones (excluding diaryl/α,β-unsaturated/α-hetero) is 1. The summed E-state index contributed by atoms with van der Waals surface area (Å²) < 4.78 is 18.4. The molecule has 0 aliphatic rings. The Balaban J connectivity index is 1.91. The molecule has 0 atom stereocenters. The van der Waals surface area contributed by atoms with Crippen LogP contribution in [0.25, 0.3) is 0 Å². The van der Waals surface area contributed by atoms with Crippen LogP contribution in [0.4, 0.5) is 4.39 Å². The zero-order valence-electron chi connectivity index (χ0n) is 10.1. The minimum atomic E-state index is -0.529. The largest absolute Gasteiger partial charge is 0.369 e. The minimum absolute atomic E-state index is 0.103. The van der Waals surface area contributed by atoms with Crippen LogP contribution in [0.5, 0.6) is 0 Å². The van der Waals surface area contributed by atoms with E-state index in [-0.39, 0.29) is 23.0 Å². The lowest BCUT2D eigenvalue weighted by atomic mass is 10.1. The summed E-state index contributed by atoms with van der Waals surface area (Å²) >= 11 is 5.69. The fraction of sp³-hybridized carbons (Fsp3) is 0.133. The van der Waals surface area contributed by atoms with E-state index in [4.69, 9.17) is 16.3 Å². The Bertz CT molecular complexity index is 549. The number of benzene rings is 2. The van der Waals surface area contributed by atoms with Crippen LogP contribution < -0.4 is 0 Å². The molecule has 2 aromatic carbocycles. The van der Waals surface area contributed by atoms with E-state index < -0.39 is 5.82 Å². The number of hydrogen-bond donors (Lipinski definition) is 0. The third-order valence-electron chi connectivity index (χ3n) is 2.53. The number of ketones is 1. The van der Waals surface area contributed by atoms with E-state index in [0.717, 1.165) is 17.7 Å². The number of rotatable bonds is 5. The van der Waals surface area contributed by atoms with E-state index in [1.807, 2.05) is 30.3 Å². The van der Waals surface area contributed by atoms with Crippen molar-refractivity contribution in [2.45, 2.75) is 6.61 Å². The molecule has 0 fully saturated rings. The summed E-state index contributed by atoms with van der Waals surface area (Å²) in [6.07, 6.45) is 0. The molecule has 0 amide bonds. The topological polar surface area (TPSA) is 26.3 Å². The Morgan fingerprint density at radius 3 is 2.58 bits per heavy atom. The van der Waals surface area contributed by atoms with Crippen molar-refractivity contribution in [3.63, 3.8) is 0 Å². The normalized spacial score (nSPS) is 10.4. The minimum Gasteiger partial charge on any atom is -0.369 e. The third kappa shape index (κ3) is 4.16. The van der Waals surface area contributed by atoms with E-state index in [0.29, 0.717) is 6.61 Å². The van der Waals surface area contributed by atoms with Crippen molar-refractivity contribution in [1.29, 1.82) is 0 Å². The maximum absolute atomic E-state index is 13.1. The Morgan fingerprint density at radius 2 is 1.89 bits per heavy atom. The van der Waals surface area contributed by atoms with Gasteiger partial charge in [-0.15, -0.1) is 0 Å². The summed E-state index contributed by atoms with van der Waals surface area (Å²) in [6, 6.07) is 13.2. The predicted molar refractivity (Wildman–Crippen MR) is 71.8 cm³/mol. The van der Waals surface area contributed by atoms with Gasteiger partial charge in [-0.3, -0.25) is 4.79 Å². The molecule has 0 heterocycles. The molecule has 0 saturated heterocycles. The standard InChI is InChI=1S/C15H12ClFO2/c16-13-6-12(7-14(17)8-13)15(18)10-19-9-11-4-2-1-3-5-11/h1-8H,9-10H2. The van der Waals surface area contributed by atoms with Gasteiger partial charge in [-0.25, -0.2) is 4.39 Å². The predicted octanol–water partition coefficient (Wildman–Crippen LogP) is 3.88. The number of carbonyl (C=O) groups is 1. The van der Waals surface area contributed by atoms with Crippen molar-refractivity contribution in [1.82, 2.24) is 0 Å². The summed E-state index contributed by atoms with van der Waals surface area (Å²) in [5.74, 6) is -0.823. The molecule has 2 nitrogen and oxygen atoms in total. The lowest BCUT2D eigenvalue weighted by Gasteiger charge is -2.04. The molecule has 0 saturated carbocycles. The van der Waals surface area contributed by atoms with Crippen molar-refractivity contribution in [2.75, 3.05) is 6.61 Å². The monoisotopic (exact) mass is 278 g/mol. The highest BCUT2D eigenvalue weighted by Gasteiger charge is 2.08. The van der Waals surface area contributed by atoms with Crippen LogP contribution in [0.2, 0.25) is 5.02 Å². The van der Waals surface area contributed by atoms with E-state index in [9.17, 15) is 9.18 Å². The fourth-order valence-electron chi connectivity index (χ4n) is 1.63. The first-order valence-corrected chi connectivity index (χ1v) is 6.14. The van der Waals surface area contributed by atoms with Gasteiger partial charge >= 0.3 is 0 Å². The van der Waals surface area contributed by atoms with Crippen LogP contribution in [0, 0.1) is 5.82 Å². The van der Waals surface area contributed by atoms with Crippen LogP contribution >= 0.6 is 11.6 Å². The second-order valence-corrected chi connectivity index (χ2v) is 4.50. The Hall–Kier alpha value is -1.71.